The van der Waals surface area contributed by atoms with Crippen molar-refractivity contribution in [3.05, 3.63) is 40.7 Å². The van der Waals surface area contributed by atoms with Crippen LogP contribution in [0.5, 0.6) is 0 Å². The molecule has 0 saturated carbocycles. The van der Waals surface area contributed by atoms with Crippen LogP contribution in [-0.2, 0) is 7.05 Å². The zero-order valence-corrected chi connectivity index (χ0v) is 9.94. The molecule has 90 valence electrons. The molecular formula is C13H17N3O. The van der Waals surface area contributed by atoms with E-state index in [1.165, 1.54) is 0 Å². The third-order valence-corrected chi connectivity index (χ3v) is 2.85. The van der Waals surface area contributed by atoms with E-state index in [-0.39, 0.29) is 5.56 Å². The molecule has 0 amide bonds. The number of fused-ring (bicyclic) bond motifs is 1. The van der Waals surface area contributed by atoms with Crippen LogP contribution in [0.25, 0.3) is 10.9 Å². The van der Waals surface area contributed by atoms with Gasteiger partial charge in [-0.15, -0.1) is 0 Å². The fourth-order valence-electron chi connectivity index (χ4n) is 1.88. The number of pyridine rings is 1. The fraction of sp³-hybridized carbons (Fsp3) is 0.308. The molecule has 17 heavy (non-hydrogen) atoms. The lowest BCUT2D eigenvalue weighted by Crippen LogP contribution is -2.18. The van der Waals surface area contributed by atoms with Crippen molar-refractivity contribution in [3.8, 4) is 0 Å². The van der Waals surface area contributed by atoms with Crippen molar-refractivity contribution in [1.82, 2.24) is 4.57 Å². The standard InChI is InChI=1S/C13H17N3O/c1-16-12-6-3-2-5-10(12)11(9-13(16)17)15-8-4-7-14/h2-3,5-6,9,15H,4,7-8,14H2,1H3. The number of para-hydroxylation sites is 1. The number of benzene rings is 1. The van der Waals surface area contributed by atoms with Crippen molar-refractivity contribution in [2.75, 3.05) is 18.4 Å². The average molecular weight is 231 g/mol. The van der Waals surface area contributed by atoms with Gasteiger partial charge in [0.15, 0.2) is 0 Å². The topological polar surface area (TPSA) is 60.0 Å². The Labute approximate surface area is 100 Å². The van der Waals surface area contributed by atoms with Gasteiger partial charge in [0.05, 0.1) is 5.52 Å². The third-order valence-electron chi connectivity index (χ3n) is 2.85. The van der Waals surface area contributed by atoms with Crippen molar-refractivity contribution in [2.24, 2.45) is 12.8 Å². The van der Waals surface area contributed by atoms with Gasteiger partial charge in [-0.25, -0.2) is 0 Å². The smallest absolute Gasteiger partial charge is 0.252 e. The van der Waals surface area contributed by atoms with E-state index in [1.807, 2.05) is 24.3 Å². The second-order valence-corrected chi connectivity index (χ2v) is 4.04. The first-order chi connectivity index (χ1) is 8.24. The monoisotopic (exact) mass is 231 g/mol. The van der Waals surface area contributed by atoms with Crippen LogP contribution < -0.4 is 16.6 Å². The maximum Gasteiger partial charge on any atom is 0.252 e. The summed E-state index contributed by atoms with van der Waals surface area (Å²) >= 11 is 0. The number of nitrogens with one attached hydrogen (secondary N) is 1. The minimum atomic E-state index is -0.000974. The predicted octanol–water partition coefficient (Wildman–Crippen LogP) is 1.30. The van der Waals surface area contributed by atoms with E-state index in [4.69, 9.17) is 5.73 Å². The Hall–Kier alpha value is -1.81. The lowest BCUT2D eigenvalue weighted by molar-refractivity contribution is 0.871. The Balaban J connectivity index is 2.48. The molecule has 0 unspecified atom stereocenters. The minimum absolute atomic E-state index is 0.000974. The van der Waals surface area contributed by atoms with E-state index in [0.717, 1.165) is 29.6 Å². The predicted molar refractivity (Wildman–Crippen MR) is 71.4 cm³/mol. The summed E-state index contributed by atoms with van der Waals surface area (Å²) in [7, 11) is 1.79. The normalized spacial score (nSPS) is 10.7. The molecule has 0 saturated heterocycles. The summed E-state index contributed by atoms with van der Waals surface area (Å²) in [5, 5.41) is 4.32. The van der Waals surface area contributed by atoms with E-state index in [2.05, 4.69) is 5.32 Å². The third kappa shape index (κ3) is 2.31. The van der Waals surface area contributed by atoms with Crippen molar-refractivity contribution in [1.29, 1.82) is 0 Å². The summed E-state index contributed by atoms with van der Waals surface area (Å²) in [5.74, 6) is 0. The Kier molecular flexibility index (Phi) is 3.44. The second-order valence-electron chi connectivity index (χ2n) is 4.04. The van der Waals surface area contributed by atoms with Crippen molar-refractivity contribution < 1.29 is 0 Å². The molecule has 1 aromatic carbocycles. The molecule has 1 aromatic heterocycles. The molecule has 0 aliphatic carbocycles. The lowest BCUT2D eigenvalue weighted by atomic mass is 10.2. The summed E-state index contributed by atoms with van der Waals surface area (Å²) < 4.78 is 1.66. The molecule has 2 aromatic rings. The molecular weight excluding hydrogens is 214 g/mol. The van der Waals surface area contributed by atoms with Gasteiger partial charge >= 0.3 is 0 Å². The van der Waals surface area contributed by atoms with Crippen LogP contribution in [-0.4, -0.2) is 17.7 Å². The number of aromatic nitrogens is 1. The fourth-order valence-corrected chi connectivity index (χ4v) is 1.88. The lowest BCUT2D eigenvalue weighted by Gasteiger charge is -2.11. The summed E-state index contributed by atoms with van der Waals surface area (Å²) in [6.45, 7) is 1.43. The van der Waals surface area contributed by atoms with E-state index < -0.39 is 0 Å². The van der Waals surface area contributed by atoms with Crippen LogP contribution in [0.3, 0.4) is 0 Å². The van der Waals surface area contributed by atoms with Gasteiger partial charge in [-0.2, -0.15) is 0 Å². The van der Waals surface area contributed by atoms with Gasteiger partial charge in [0.2, 0.25) is 0 Å². The molecule has 4 nitrogen and oxygen atoms in total. The zero-order valence-electron chi connectivity index (χ0n) is 9.94. The first kappa shape index (κ1) is 11.7. The van der Waals surface area contributed by atoms with Gasteiger partial charge in [-0.1, -0.05) is 18.2 Å². The first-order valence-electron chi connectivity index (χ1n) is 5.77. The highest BCUT2D eigenvalue weighted by Crippen LogP contribution is 2.20. The van der Waals surface area contributed by atoms with E-state index in [1.54, 1.807) is 17.7 Å². The molecule has 4 heteroatoms. The average Bonchev–Trinajstić information content (AvgIpc) is 2.36. The summed E-state index contributed by atoms with van der Waals surface area (Å²) in [6.07, 6.45) is 0.892. The molecule has 2 rings (SSSR count). The SMILES string of the molecule is Cn1c(=O)cc(NCCCN)c2ccccc21. The van der Waals surface area contributed by atoms with Crippen molar-refractivity contribution in [2.45, 2.75) is 6.42 Å². The molecule has 0 aliphatic rings. The summed E-state index contributed by atoms with van der Waals surface area (Å²) in [5.41, 5.74) is 7.28. The molecule has 0 radical (unpaired) electrons. The number of nitrogens with zero attached hydrogens (tertiary/aromatic N) is 1. The molecule has 0 aliphatic heterocycles. The number of hydrogen-bond acceptors (Lipinski definition) is 3. The Morgan fingerprint density at radius 1 is 1.35 bits per heavy atom. The quantitative estimate of drug-likeness (QED) is 0.780. The van der Waals surface area contributed by atoms with Crippen LogP contribution in [0.15, 0.2) is 35.1 Å². The summed E-state index contributed by atoms with van der Waals surface area (Å²) in [4.78, 5) is 11.8. The van der Waals surface area contributed by atoms with Crippen LogP contribution in [0.2, 0.25) is 0 Å². The largest absolute Gasteiger partial charge is 0.384 e. The maximum atomic E-state index is 11.8. The number of anilines is 1. The highest BCUT2D eigenvalue weighted by Gasteiger charge is 2.04. The number of aryl methyl sites for hydroxylation is 1. The number of hydrogen-bond donors (Lipinski definition) is 2. The Morgan fingerprint density at radius 2 is 2.12 bits per heavy atom. The minimum Gasteiger partial charge on any atom is -0.384 e. The van der Waals surface area contributed by atoms with Crippen LogP contribution in [0.4, 0.5) is 5.69 Å². The second kappa shape index (κ2) is 5.01. The highest BCUT2D eigenvalue weighted by molar-refractivity contribution is 5.91. The van der Waals surface area contributed by atoms with Crippen LogP contribution in [0, 0.1) is 0 Å². The van der Waals surface area contributed by atoms with E-state index in [9.17, 15) is 4.79 Å². The summed E-state index contributed by atoms with van der Waals surface area (Å²) in [6, 6.07) is 9.51. The van der Waals surface area contributed by atoms with Gasteiger partial charge in [0.25, 0.3) is 5.56 Å². The first-order valence-corrected chi connectivity index (χ1v) is 5.77. The van der Waals surface area contributed by atoms with Gasteiger partial charge < -0.3 is 15.6 Å². The van der Waals surface area contributed by atoms with E-state index in [0.29, 0.717) is 6.54 Å². The molecule has 0 atom stereocenters. The van der Waals surface area contributed by atoms with Gasteiger partial charge in [-0.3, -0.25) is 4.79 Å². The zero-order chi connectivity index (χ0) is 12.3. The number of nitrogens with two attached hydrogens (primary N) is 1. The maximum absolute atomic E-state index is 11.8. The molecule has 0 spiro atoms. The van der Waals surface area contributed by atoms with Crippen LogP contribution in [0.1, 0.15) is 6.42 Å². The van der Waals surface area contributed by atoms with Gasteiger partial charge in [0, 0.05) is 30.7 Å². The Bertz CT molecular complexity index is 574. The molecule has 0 fully saturated rings. The van der Waals surface area contributed by atoms with Crippen molar-refractivity contribution >= 4 is 16.6 Å². The van der Waals surface area contributed by atoms with Gasteiger partial charge in [0.1, 0.15) is 0 Å². The van der Waals surface area contributed by atoms with Gasteiger partial charge in [-0.05, 0) is 19.0 Å². The van der Waals surface area contributed by atoms with Crippen LogP contribution >= 0.6 is 0 Å². The highest BCUT2D eigenvalue weighted by atomic mass is 16.1. The van der Waals surface area contributed by atoms with Crippen molar-refractivity contribution in [3.63, 3.8) is 0 Å². The molecule has 0 bridgehead atoms. The molecule has 1 heterocycles. The Morgan fingerprint density at radius 3 is 2.88 bits per heavy atom. The number of rotatable bonds is 4. The van der Waals surface area contributed by atoms with E-state index >= 15 is 0 Å². The molecule has 3 N–H and O–H groups in total.